The Labute approximate surface area is 95.2 Å². The molecule has 14 heavy (non-hydrogen) atoms. The Morgan fingerprint density at radius 2 is 1.86 bits per heavy atom. The fourth-order valence-corrected chi connectivity index (χ4v) is 1.92. The maximum atomic E-state index is 6.02. The molecule has 0 unspecified atom stereocenters. The van der Waals surface area contributed by atoms with Crippen LogP contribution in [0.1, 0.15) is 36.9 Å². The largest absolute Gasteiger partial charge is 0.324 e. The molecule has 0 bridgehead atoms. The summed E-state index contributed by atoms with van der Waals surface area (Å²) in [4.78, 5) is 0. The van der Waals surface area contributed by atoms with Crippen molar-refractivity contribution in [2.24, 2.45) is 5.73 Å². The van der Waals surface area contributed by atoms with Crippen LogP contribution in [0.25, 0.3) is 0 Å². The predicted molar refractivity (Wildman–Crippen MR) is 63.0 cm³/mol. The van der Waals surface area contributed by atoms with Crippen LogP contribution in [0, 0.1) is 6.92 Å². The van der Waals surface area contributed by atoms with E-state index >= 15 is 0 Å². The highest BCUT2D eigenvalue weighted by molar-refractivity contribution is 6.42. The minimum absolute atomic E-state index is 0.0646. The van der Waals surface area contributed by atoms with Gasteiger partial charge in [0.2, 0.25) is 0 Å². The number of hydrogen-bond acceptors (Lipinski definition) is 1. The van der Waals surface area contributed by atoms with Crippen molar-refractivity contribution < 1.29 is 0 Å². The summed E-state index contributed by atoms with van der Waals surface area (Å²) in [6.07, 6.45) is 2.04. The van der Waals surface area contributed by atoms with Crippen molar-refractivity contribution >= 4 is 23.2 Å². The zero-order chi connectivity index (χ0) is 10.7. The van der Waals surface area contributed by atoms with E-state index in [4.69, 9.17) is 28.9 Å². The lowest BCUT2D eigenvalue weighted by Gasteiger charge is -2.14. The normalized spacial score (nSPS) is 12.9. The Kier molecular flexibility index (Phi) is 4.24. The van der Waals surface area contributed by atoms with E-state index in [9.17, 15) is 0 Å². The summed E-state index contributed by atoms with van der Waals surface area (Å²) in [7, 11) is 0. The number of nitrogens with two attached hydrogens (primary N) is 1. The van der Waals surface area contributed by atoms with Gasteiger partial charge in [0.15, 0.2) is 0 Å². The second kappa shape index (κ2) is 5.01. The van der Waals surface area contributed by atoms with Crippen LogP contribution in [0.15, 0.2) is 12.1 Å². The van der Waals surface area contributed by atoms with E-state index in [0.717, 1.165) is 24.0 Å². The van der Waals surface area contributed by atoms with Gasteiger partial charge in [0, 0.05) is 6.04 Å². The van der Waals surface area contributed by atoms with Crippen molar-refractivity contribution in [1.29, 1.82) is 0 Å². The molecule has 0 spiro atoms. The van der Waals surface area contributed by atoms with Crippen molar-refractivity contribution in [3.8, 4) is 0 Å². The van der Waals surface area contributed by atoms with Gasteiger partial charge < -0.3 is 5.73 Å². The zero-order valence-electron chi connectivity index (χ0n) is 8.48. The quantitative estimate of drug-likeness (QED) is 0.834. The molecule has 3 heteroatoms. The van der Waals surface area contributed by atoms with Crippen LogP contribution in [-0.4, -0.2) is 0 Å². The van der Waals surface area contributed by atoms with Crippen LogP contribution in [0.2, 0.25) is 10.0 Å². The van der Waals surface area contributed by atoms with Crippen LogP contribution >= 0.6 is 23.2 Å². The van der Waals surface area contributed by atoms with E-state index in [1.807, 2.05) is 19.1 Å². The molecule has 1 aromatic rings. The van der Waals surface area contributed by atoms with Crippen molar-refractivity contribution in [1.82, 2.24) is 0 Å². The van der Waals surface area contributed by atoms with Crippen LogP contribution in [0.3, 0.4) is 0 Å². The Morgan fingerprint density at radius 1 is 1.29 bits per heavy atom. The summed E-state index contributed by atoms with van der Waals surface area (Å²) in [6.45, 7) is 4.12. The van der Waals surface area contributed by atoms with Gasteiger partial charge in [-0.2, -0.15) is 0 Å². The van der Waals surface area contributed by atoms with Gasteiger partial charge in [-0.15, -0.1) is 0 Å². The Bertz CT molecular complexity index is 323. The van der Waals surface area contributed by atoms with Crippen LogP contribution in [-0.2, 0) is 0 Å². The highest BCUT2D eigenvalue weighted by Crippen LogP contribution is 2.29. The van der Waals surface area contributed by atoms with E-state index < -0.39 is 0 Å². The summed E-state index contributed by atoms with van der Waals surface area (Å²) >= 11 is 11.8. The van der Waals surface area contributed by atoms with Gasteiger partial charge in [-0.3, -0.25) is 0 Å². The first-order chi connectivity index (χ1) is 6.56. The molecule has 2 N–H and O–H groups in total. The van der Waals surface area contributed by atoms with Crippen molar-refractivity contribution in [2.75, 3.05) is 0 Å². The molecular weight excluding hydrogens is 217 g/mol. The maximum absolute atomic E-state index is 6.02. The summed E-state index contributed by atoms with van der Waals surface area (Å²) in [5, 5.41) is 1.18. The van der Waals surface area contributed by atoms with E-state index in [1.165, 1.54) is 0 Å². The van der Waals surface area contributed by atoms with Gasteiger partial charge in [0.05, 0.1) is 10.0 Å². The lowest BCUT2D eigenvalue weighted by molar-refractivity contribution is 0.635. The first-order valence-corrected chi connectivity index (χ1v) is 5.53. The molecule has 0 aliphatic rings. The molecule has 0 aliphatic carbocycles. The molecule has 0 saturated heterocycles. The summed E-state index contributed by atoms with van der Waals surface area (Å²) in [5.74, 6) is 0. The Morgan fingerprint density at radius 3 is 2.43 bits per heavy atom. The van der Waals surface area contributed by atoms with Crippen molar-refractivity contribution in [2.45, 2.75) is 32.7 Å². The van der Waals surface area contributed by atoms with Gasteiger partial charge in [0.1, 0.15) is 0 Å². The lowest BCUT2D eigenvalue weighted by atomic mass is 9.99. The molecule has 0 aromatic heterocycles. The first-order valence-electron chi connectivity index (χ1n) is 4.77. The number of halogens is 2. The molecule has 0 radical (unpaired) electrons. The zero-order valence-corrected chi connectivity index (χ0v) is 9.99. The fourth-order valence-electron chi connectivity index (χ4n) is 1.53. The van der Waals surface area contributed by atoms with E-state index in [2.05, 4.69) is 6.92 Å². The molecule has 1 nitrogen and oxygen atoms in total. The second-order valence-electron chi connectivity index (χ2n) is 3.52. The number of rotatable bonds is 3. The third-order valence-corrected chi connectivity index (χ3v) is 3.03. The highest BCUT2D eigenvalue weighted by Gasteiger charge is 2.10. The lowest BCUT2D eigenvalue weighted by Crippen LogP contribution is -2.11. The molecule has 78 valence electrons. The molecule has 0 saturated carbocycles. The van der Waals surface area contributed by atoms with Crippen molar-refractivity contribution in [3.05, 3.63) is 33.3 Å². The Hall–Kier alpha value is -0.240. The van der Waals surface area contributed by atoms with Crippen LogP contribution in [0.5, 0.6) is 0 Å². The molecule has 1 rings (SSSR count). The van der Waals surface area contributed by atoms with Gasteiger partial charge in [-0.05, 0) is 36.6 Å². The minimum atomic E-state index is 0.0646. The highest BCUT2D eigenvalue weighted by atomic mass is 35.5. The first kappa shape index (κ1) is 11.8. The SMILES string of the molecule is CCC[C@@H](N)c1cc(Cl)c(Cl)cc1C. The standard InChI is InChI=1S/C11H15Cl2N/c1-3-4-11(14)8-6-10(13)9(12)5-7(8)2/h5-6,11H,3-4,14H2,1-2H3/t11-/m1/s1. The predicted octanol–water partition coefficient (Wildman–Crippen LogP) is 4.10. The third kappa shape index (κ3) is 2.63. The van der Waals surface area contributed by atoms with E-state index in [-0.39, 0.29) is 6.04 Å². The Balaban J connectivity index is 3.02. The molecule has 0 heterocycles. The molecule has 0 fully saturated rings. The molecular formula is C11H15Cl2N. The molecule has 0 aliphatic heterocycles. The maximum Gasteiger partial charge on any atom is 0.0595 e. The fraction of sp³-hybridized carbons (Fsp3) is 0.455. The monoisotopic (exact) mass is 231 g/mol. The van der Waals surface area contributed by atoms with E-state index in [0.29, 0.717) is 10.0 Å². The van der Waals surface area contributed by atoms with Crippen molar-refractivity contribution in [3.63, 3.8) is 0 Å². The summed E-state index contributed by atoms with van der Waals surface area (Å²) < 4.78 is 0. The van der Waals surface area contributed by atoms with Gasteiger partial charge in [-0.25, -0.2) is 0 Å². The van der Waals surface area contributed by atoms with Crippen LogP contribution in [0.4, 0.5) is 0 Å². The molecule has 1 atom stereocenters. The van der Waals surface area contributed by atoms with Crippen LogP contribution < -0.4 is 5.73 Å². The van der Waals surface area contributed by atoms with E-state index in [1.54, 1.807) is 0 Å². The number of aryl methyl sites for hydroxylation is 1. The van der Waals surface area contributed by atoms with Gasteiger partial charge >= 0.3 is 0 Å². The summed E-state index contributed by atoms with van der Waals surface area (Å²) in [6, 6.07) is 3.81. The number of hydrogen-bond donors (Lipinski definition) is 1. The number of benzene rings is 1. The minimum Gasteiger partial charge on any atom is -0.324 e. The van der Waals surface area contributed by atoms with Gasteiger partial charge in [0.25, 0.3) is 0 Å². The smallest absolute Gasteiger partial charge is 0.0595 e. The van der Waals surface area contributed by atoms with Gasteiger partial charge in [-0.1, -0.05) is 36.5 Å². The average Bonchev–Trinajstić information content (AvgIpc) is 2.11. The average molecular weight is 232 g/mol. The topological polar surface area (TPSA) is 26.0 Å². The second-order valence-corrected chi connectivity index (χ2v) is 4.33. The molecule has 1 aromatic carbocycles. The summed E-state index contributed by atoms with van der Waals surface area (Å²) in [5.41, 5.74) is 8.23. The molecule has 0 amide bonds. The third-order valence-electron chi connectivity index (χ3n) is 2.31.